The maximum atomic E-state index is 12.9. The van der Waals surface area contributed by atoms with Crippen LogP contribution in [0.2, 0.25) is 0 Å². The van der Waals surface area contributed by atoms with Crippen molar-refractivity contribution in [3.05, 3.63) is 4.13 Å². The van der Waals surface area contributed by atoms with Gasteiger partial charge < -0.3 is 4.13 Å². The van der Waals surface area contributed by atoms with Crippen LogP contribution in [-0.4, -0.2) is 35.7 Å². The number of sulfonamides is 1. The highest BCUT2D eigenvalue weighted by molar-refractivity contribution is 8.13. The maximum absolute atomic E-state index is 12.9. The van der Waals surface area contributed by atoms with Crippen molar-refractivity contribution in [2.75, 3.05) is 0 Å². The zero-order chi connectivity index (χ0) is 21.5. The van der Waals surface area contributed by atoms with Crippen LogP contribution in [0.25, 0.3) is 4.13 Å². The molecule has 0 saturated heterocycles. The predicted molar refractivity (Wildman–Crippen MR) is 71.2 cm³/mol. The normalized spacial score (nSPS) is 27.5. The first kappa shape index (κ1) is 23.8. The van der Waals surface area contributed by atoms with E-state index in [0.29, 0.717) is 6.19 Å². The zero-order valence-electron chi connectivity index (χ0n) is 12.6. The lowest BCUT2D eigenvalue weighted by Gasteiger charge is -2.40. The van der Waals surface area contributed by atoms with Crippen LogP contribution < -0.4 is 0 Å². The lowest BCUT2D eigenvalue weighted by atomic mass is 9.80. The van der Waals surface area contributed by atoms with Crippen LogP contribution in [0, 0.1) is 23.3 Å². The molecule has 1 aliphatic rings. The maximum Gasteiger partial charge on any atom is 0.480 e. The average Bonchev–Trinajstić information content (AvgIpc) is 2.43. The molecule has 0 aromatic carbocycles. The second kappa shape index (κ2) is 7.28. The minimum Gasteiger partial charge on any atom is -0.445 e. The smallest absolute Gasteiger partial charge is 0.445 e. The van der Waals surface area contributed by atoms with Crippen molar-refractivity contribution in [3.63, 3.8) is 0 Å². The molecule has 1 fully saturated rings. The van der Waals surface area contributed by atoms with Crippen molar-refractivity contribution >= 4 is 19.9 Å². The summed E-state index contributed by atoms with van der Waals surface area (Å²) in [5.74, 6) is -5.50. The SMILES string of the molecule is N#CN=S(=O)([N-]S(=O)(=O)C(F)(F)F)C1CC(C(F)(F)F)CC(C(F)(F)F)C1. The van der Waals surface area contributed by atoms with E-state index in [2.05, 4.69) is 4.36 Å². The molecule has 0 aliphatic heterocycles. The largest absolute Gasteiger partial charge is 0.480 e. The van der Waals surface area contributed by atoms with Gasteiger partial charge in [0.25, 0.3) is 0 Å². The van der Waals surface area contributed by atoms with Crippen molar-refractivity contribution in [1.29, 1.82) is 5.26 Å². The zero-order valence-corrected chi connectivity index (χ0v) is 14.3. The number of hydrogen-bond acceptors (Lipinski definition) is 5. The third-order valence-corrected chi connectivity index (χ3v) is 7.51. The summed E-state index contributed by atoms with van der Waals surface area (Å²) in [6.07, 6.45) is -14.2. The van der Waals surface area contributed by atoms with Gasteiger partial charge in [-0.2, -0.15) is 44.8 Å². The monoisotopic (exact) mass is 454 g/mol. The Morgan fingerprint density at radius 3 is 1.56 bits per heavy atom. The molecule has 0 spiro atoms. The summed E-state index contributed by atoms with van der Waals surface area (Å²) in [5.41, 5.74) is -6.14. The van der Waals surface area contributed by atoms with Gasteiger partial charge in [-0.1, -0.05) is 0 Å². The van der Waals surface area contributed by atoms with Gasteiger partial charge in [0.05, 0.1) is 11.8 Å². The summed E-state index contributed by atoms with van der Waals surface area (Å²) in [6, 6.07) is 0. The average molecular weight is 454 g/mol. The third kappa shape index (κ3) is 5.60. The molecule has 0 aromatic rings. The predicted octanol–water partition coefficient (Wildman–Crippen LogP) is 3.98. The number of nitriles is 1. The Kier molecular flexibility index (Phi) is 6.40. The van der Waals surface area contributed by atoms with Crippen molar-refractivity contribution < 1.29 is 52.1 Å². The van der Waals surface area contributed by atoms with E-state index < -0.39 is 74.1 Å². The number of halogens is 9. The van der Waals surface area contributed by atoms with Crippen molar-refractivity contribution in [1.82, 2.24) is 0 Å². The summed E-state index contributed by atoms with van der Waals surface area (Å²) in [6.45, 7) is 0. The van der Waals surface area contributed by atoms with Crippen LogP contribution >= 0.6 is 0 Å². The number of alkyl halides is 9. The van der Waals surface area contributed by atoms with E-state index >= 15 is 0 Å². The fourth-order valence-electron chi connectivity index (χ4n) is 2.45. The Bertz CT molecular complexity index is 794. The standard InChI is InChI=1S/C10H9F9N3O3S2/c11-8(12,13)5-1-6(9(14,15)16)3-7(2-5)26(23,21-4-20)22-27(24,25)10(17,18)19/h5-7H,1-3H2/q-1. The summed E-state index contributed by atoms with van der Waals surface area (Å²) in [5, 5.41) is 5.92. The molecule has 0 radical (unpaired) electrons. The third-order valence-electron chi connectivity index (χ3n) is 3.69. The quantitative estimate of drug-likeness (QED) is 0.476. The summed E-state index contributed by atoms with van der Waals surface area (Å²) < 4.78 is 153. The number of hydrogen-bond donors (Lipinski definition) is 0. The molecule has 0 bridgehead atoms. The first-order valence-electron chi connectivity index (χ1n) is 6.66. The molecule has 3 atom stereocenters. The van der Waals surface area contributed by atoms with Gasteiger partial charge in [0.15, 0.2) is 10.0 Å². The van der Waals surface area contributed by atoms with Gasteiger partial charge in [-0.25, -0.2) is 8.42 Å². The molecule has 1 aliphatic carbocycles. The Hall–Kier alpha value is -1.28. The molecular formula is C10H9F9N3O3S2-. The molecule has 1 saturated carbocycles. The van der Waals surface area contributed by atoms with Crippen LogP contribution in [-0.2, 0) is 19.9 Å². The Morgan fingerprint density at radius 1 is 0.852 bits per heavy atom. The lowest BCUT2D eigenvalue weighted by molar-refractivity contribution is -0.221. The molecule has 27 heavy (non-hydrogen) atoms. The highest BCUT2D eigenvalue weighted by Crippen LogP contribution is 2.48. The summed E-state index contributed by atoms with van der Waals surface area (Å²) in [7, 11) is -11.9. The molecule has 0 aromatic heterocycles. The second-order valence-corrected chi connectivity index (χ2v) is 9.46. The summed E-state index contributed by atoms with van der Waals surface area (Å²) in [4.78, 5) is 0. The van der Waals surface area contributed by atoms with Gasteiger partial charge in [-0.15, -0.1) is 4.36 Å². The van der Waals surface area contributed by atoms with E-state index in [1.54, 1.807) is 0 Å². The highest BCUT2D eigenvalue weighted by Gasteiger charge is 2.53. The van der Waals surface area contributed by atoms with Gasteiger partial charge in [-0.3, -0.25) is 4.21 Å². The van der Waals surface area contributed by atoms with E-state index in [1.165, 1.54) is 0 Å². The lowest BCUT2D eigenvalue weighted by Crippen LogP contribution is -2.43. The van der Waals surface area contributed by atoms with E-state index in [4.69, 9.17) is 5.26 Å². The molecule has 3 unspecified atom stereocenters. The molecule has 0 N–H and O–H groups in total. The van der Waals surface area contributed by atoms with E-state index in [-0.39, 0.29) is 0 Å². The fourth-order valence-corrected chi connectivity index (χ4v) is 5.76. The molecular weight excluding hydrogens is 445 g/mol. The number of nitrogens with zero attached hydrogens (tertiary/aromatic N) is 3. The minimum atomic E-state index is -6.59. The highest BCUT2D eigenvalue weighted by atomic mass is 32.3. The van der Waals surface area contributed by atoms with Crippen LogP contribution in [0.4, 0.5) is 39.5 Å². The summed E-state index contributed by atoms with van der Waals surface area (Å²) >= 11 is 0. The van der Waals surface area contributed by atoms with Gasteiger partial charge in [0.2, 0.25) is 6.19 Å². The van der Waals surface area contributed by atoms with Crippen LogP contribution in [0.15, 0.2) is 4.36 Å². The van der Waals surface area contributed by atoms with Gasteiger partial charge >= 0.3 is 17.9 Å². The minimum absolute atomic E-state index is 0.648. The molecule has 1 rings (SSSR count). The molecule has 0 heterocycles. The second-order valence-electron chi connectivity index (χ2n) is 5.53. The molecule has 17 heteroatoms. The molecule has 6 nitrogen and oxygen atoms in total. The van der Waals surface area contributed by atoms with Crippen molar-refractivity contribution in [2.24, 2.45) is 16.2 Å². The van der Waals surface area contributed by atoms with Gasteiger partial charge in [0, 0.05) is 5.25 Å². The van der Waals surface area contributed by atoms with Crippen LogP contribution in [0.5, 0.6) is 0 Å². The van der Waals surface area contributed by atoms with E-state index in [1.807, 2.05) is 4.13 Å². The van der Waals surface area contributed by atoms with Crippen LogP contribution in [0.3, 0.4) is 0 Å². The number of rotatable bonds is 3. The van der Waals surface area contributed by atoms with Gasteiger partial charge in [0.1, 0.15) is 0 Å². The first-order chi connectivity index (χ1) is 11.8. The van der Waals surface area contributed by atoms with Crippen molar-refractivity contribution in [3.8, 4) is 6.19 Å². The molecule has 158 valence electrons. The topological polar surface area (TPSA) is 101 Å². The first-order valence-corrected chi connectivity index (χ1v) is 9.64. The fraction of sp³-hybridized carbons (Fsp3) is 0.900. The Morgan fingerprint density at radius 2 is 1.26 bits per heavy atom. The molecule has 0 amide bonds. The van der Waals surface area contributed by atoms with E-state index in [0.717, 1.165) is 0 Å². The Labute approximate surface area is 147 Å². The Balaban J connectivity index is 3.44. The van der Waals surface area contributed by atoms with Crippen molar-refractivity contribution in [2.45, 2.75) is 42.4 Å². The van der Waals surface area contributed by atoms with Crippen LogP contribution in [0.1, 0.15) is 19.3 Å². The van der Waals surface area contributed by atoms with Gasteiger partial charge in [-0.05, 0) is 29.2 Å². The van der Waals surface area contributed by atoms with E-state index in [9.17, 15) is 52.1 Å².